The number of amides is 4. The van der Waals surface area contributed by atoms with Crippen LogP contribution in [-0.2, 0) is 0 Å². The number of para-hydroxylation sites is 1. The summed E-state index contributed by atoms with van der Waals surface area (Å²) in [6.45, 7) is 3.71. The van der Waals surface area contributed by atoms with E-state index < -0.39 is 22.7 Å². The number of nitrogens with zero attached hydrogens (tertiary/aromatic N) is 4. The number of carbonyl (C=O) groups excluding carboxylic acids is 2. The smallest absolute Gasteiger partial charge is 0.401 e. The van der Waals surface area contributed by atoms with E-state index in [0.717, 1.165) is 0 Å². The van der Waals surface area contributed by atoms with E-state index in [1.54, 1.807) is 24.1 Å². The van der Waals surface area contributed by atoms with E-state index in [4.69, 9.17) is 4.42 Å². The lowest BCUT2D eigenvalue weighted by Crippen LogP contribution is -2.57. The Morgan fingerprint density at radius 3 is 2.61 bits per heavy atom. The fourth-order valence-corrected chi connectivity index (χ4v) is 3.07. The molecule has 2 heterocycles. The lowest BCUT2D eigenvalue weighted by atomic mass is 10.0. The summed E-state index contributed by atoms with van der Waals surface area (Å²) in [5.41, 5.74) is 2.31. The molecule has 3 rings (SSSR count). The second-order valence-corrected chi connectivity index (χ2v) is 7.26. The van der Waals surface area contributed by atoms with Gasteiger partial charge in [0.25, 0.3) is 0 Å². The maximum absolute atomic E-state index is 12.8. The average molecular weight is 426 g/mol. The summed E-state index contributed by atoms with van der Waals surface area (Å²) in [6.07, 6.45) is 3.57. The summed E-state index contributed by atoms with van der Waals surface area (Å²) in [7, 11) is 1.68. The first-order chi connectivity index (χ1) is 14.7. The molecule has 0 aliphatic carbocycles. The molecule has 11 nitrogen and oxygen atoms in total. The van der Waals surface area contributed by atoms with E-state index in [-0.39, 0.29) is 17.7 Å². The van der Waals surface area contributed by atoms with E-state index >= 15 is 0 Å². The normalized spacial score (nSPS) is 18.2. The van der Waals surface area contributed by atoms with Gasteiger partial charge in [0.1, 0.15) is 16.8 Å². The first kappa shape index (κ1) is 21.6. The number of rotatable bonds is 6. The van der Waals surface area contributed by atoms with Crippen molar-refractivity contribution in [1.82, 2.24) is 15.6 Å². The molecule has 1 fully saturated rings. The lowest BCUT2D eigenvalue weighted by molar-refractivity contribution is -0.402. The average Bonchev–Trinajstić information content (AvgIpc) is 3.27. The highest BCUT2D eigenvalue weighted by Gasteiger charge is 2.51. The Kier molecular flexibility index (Phi) is 6.05. The minimum Gasteiger partial charge on any atom is -0.401 e. The van der Waals surface area contributed by atoms with E-state index in [0.29, 0.717) is 5.69 Å². The molecule has 0 saturated carbocycles. The quantitative estimate of drug-likeness (QED) is 0.416. The predicted molar refractivity (Wildman–Crippen MR) is 115 cm³/mol. The van der Waals surface area contributed by atoms with Crippen LogP contribution in [0.1, 0.15) is 19.6 Å². The Morgan fingerprint density at radius 1 is 1.26 bits per heavy atom. The molecule has 31 heavy (non-hydrogen) atoms. The van der Waals surface area contributed by atoms with Gasteiger partial charge < -0.3 is 14.6 Å². The summed E-state index contributed by atoms with van der Waals surface area (Å²) < 4.78 is 4.97. The molecule has 2 N–H and O–H groups in total. The van der Waals surface area contributed by atoms with Crippen LogP contribution in [0.2, 0.25) is 0 Å². The van der Waals surface area contributed by atoms with E-state index in [9.17, 15) is 19.7 Å². The van der Waals surface area contributed by atoms with Gasteiger partial charge in [-0.15, -0.1) is 0 Å². The first-order valence-electron chi connectivity index (χ1n) is 9.34. The molecule has 2 aromatic rings. The van der Waals surface area contributed by atoms with Crippen molar-refractivity contribution in [2.45, 2.75) is 25.6 Å². The second-order valence-electron chi connectivity index (χ2n) is 7.26. The molecule has 1 aliphatic heterocycles. The number of benzene rings is 1. The van der Waals surface area contributed by atoms with Gasteiger partial charge in [-0.05, 0) is 44.2 Å². The van der Waals surface area contributed by atoms with Gasteiger partial charge in [-0.1, -0.05) is 18.2 Å². The highest BCUT2D eigenvalue weighted by molar-refractivity contribution is 5.97. The van der Waals surface area contributed by atoms with Crippen molar-refractivity contribution in [3.8, 4) is 0 Å². The van der Waals surface area contributed by atoms with Crippen LogP contribution in [0, 0.1) is 10.1 Å². The maximum atomic E-state index is 12.8. The Balaban J connectivity index is 1.63. The van der Waals surface area contributed by atoms with E-state index in [1.807, 2.05) is 32.0 Å². The van der Waals surface area contributed by atoms with Gasteiger partial charge >= 0.3 is 17.9 Å². The van der Waals surface area contributed by atoms with Crippen LogP contribution in [0.4, 0.5) is 21.2 Å². The van der Waals surface area contributed by atoms with Crippen molar-refractivity contribution in [2.75, 3.05) is 11.9 Å². The number of hydrazone groups is 1. The number of nitrogens with one attached hydrogen (secondary N) is 2. The topological polar surface area (TPSA) is 133 Å². The minimum absolute atomic E-state index is 0.236. The van der Waals surface area contributed by atoms with Gasteiger partial charge in [-0.2, -0.15) is 5.10 Å². The molecule has 4 amide bonds. The molecule has 0 bridgehead atoms. The molecule has 1 aliphatic rings. The standard InChI is InChI=1S/C20H22N6O5/c1-20(2)17(25(19(28)24(20)3)14-8-5-4-6-9-14)22-18(27)23-21-13-7-10-15-11-12-16(31-15)26(29)30/h4-13,17H,1-3H3,(H2,22,23,27). The molecule has 1 atom stereocenters. The van der Waals surface area contributed by atoms with Crippen LogP contribution in [-0.4, -0.2) is 46.9 Å². The Morgan fingerprint density at radius 2 is 1.97 bits per heavy atom. The molecule has 0 spiro atoms. The molecule has 11 heteroatoms. The van der Waals surface area contributed by atoms with Crippen LogP contribution < -0.4 is 15.6 Å². The molecular formula is C20H22N6O5. The largest absolute Gasteiger partial charge is 0.433 e. The van der Waals surface area contributed by atoms with Gasteiger partial charge in [0, 0.05) is 18.9 Å². The monoisotopic (exact) mass is 426 g/mol. The van der Waals surface area contributed by atoms with E-state index in [2.05, 4.69) is 15.8 Å². The molecule has 1 aromatic carbocycles. The SMILES string of the molecule is CN1C(=O)N(c2ccccc2)C(NC(=O)NN=CC=Cc2ccc([N+](=O)[O-])o2)C1(C)C. The van der Waals surface area contributed by atoms with Crippen molar-refractivity contribution < 1.29 is 18.9 Å². The highest BCUT2D eigenvalue weighted by atomic mass is 16.6. The Bertz CT molecular complexity index is 1030. The second kappa shape index (κ2) is 8.69. The molecule has 1 saturated heterocycles. The van der Waals surface area contributed by atoms with Crippen LogP contribution in [0.5, 0.6) is 0 Å². The van der Waals surface area contributed by atoms with Crippen LogP contribution in [0.15, 0.2) is 58.1 Å². The van der Waals surface area contributed by atoms with Gasteiger partial charge in [-0.25, -0.2) is 15.0 Å². The fourth-order valence-electron chi connectivity index (χ4n) is 3.07. The number of furan rings is 1. The van der Waals surface area contributed by atoms with Crippen LogP contribution in [0.25, 0.3) is 6.08 Å². The summed E-state index contributed by atoms with van der Waals surface area (Å²) >= 11 is 0. The number of carbonyl (C=O) groups is 2. The predicted octanol–water partition coefficient (Wildman–Crippen LogP) is 3.16. The molecule has 162 valence electrons. The summed E-state index contributed by atoms with van der Waals surface area (Å²) in [4.78, 5) is 38.2. The molecule has 1 unspecified atom stereocenters. The Hall–Kier alpha value is -4.15. The maximum Gasteiger partial charge on any atom is 0.433 e. The van der Waals surface area contributed by atoms with E-state index in [1.165, 1.54) is 35.4 Å². The third kappa shape index (κ3) is 4.55. The van der Waals surface area contributed by atoms with Crippen molar-refractivity contribution in [1.29, 1.82) is 0 Å². The van der Waals surface area contributed by atoms with Gasteiger partial charge in [-0.3, -0.25) is 15.0 Å². The number of likely N-dealkylation sites (N-methyl/N-ethyl adjacent to an activating group) is 1. The van der Waals surface area contributed by atoms with Crippen molar-refractivity contribution >= 4 is 35.9 Å². The first-order valence-corrected chi connectivity index (χ1v) is 9.34. The number of nitro groups is 1. The molecule has 1 aromatic heterocycles. The number of hydrogen-bond acceptors (Lipinski definition) is 6. The van der Waals surface area contributed by atoms with Crippen molar-refractivity contribution in [3.63, 3.8) is 0 Å². The number of anilines is 1. The van der Waals surface area contributed by atoms with Gasteiger partial charge in [0.05, 0.1) is 11.6 Å². The van der Waals surface area contributed by atoms with Gasteiger partial charge in [0.2, 0.25) is 0 Å². The molecular weight excluding hydrogens is 404 g/mol. The molecule has 0 radical (unpaired) electrons. The van der Waals surface area contributed by atoms with Gasteiger partial charge in [0.15, 0.2) is 0 Å². The fraction of sp³-hybridized carbons (Fsp3) is 0.250. The number of urea groups is 2. The zero-order valence-corrected chi connectivity index (χ0v) is 17.2. The van der Waals surface area contributed by atoms with Crippen LogP contribution in [0.3, 0.4) is 0 Å². The van der Waals surface area contributed by atoms with Crippen molar-refractivity contribution in [3.05, 3.63) is 64.4 Å². The van der Waals surface area contributed by atoms with Crippen LogP contribution >= 0.6 is 0 Å². The zero-order valence-electron chi connectivity index (χ0n) is 17.2. The summed E-state index contributed by atoms with van der Waals surface area (Å²) in [6, 6.07) is 10.9. The highest BCUT2D eigenvalue weighted by Crippen LogP contribution is 2.33. The van der Waals surface area contributed by atoms with Crippen molar-refractivity contribution in [2.24, 2.45) is 5.10 Å². The third-order valence-corrected chi connectivity index (χ3v) is 4.97. The lowest BCUT2D eigenvalue weighted by Gasteiger charge is -2.33. The zero-order chi connectivity index (χ0) is 22.6. The minimum atomic E-state index is -0.679. The number of allylic oxidation sites excluding steroid dienone is 1. The number of hydrogen-bond donors (Lipinski definition) is 2. The summed E-state index contributed by atoms with van der Waals surface area (Å²) in [5, 5.41) is 17.2. The summed E-state index contributed by atoms with van der Waals surface area (Å²) in [5.74, 6) is -0.0916. The third-order valence-electron chi connectivity index (χ3n) is 4.97. The Labute approximate surface area is 178 Å².